The van der Waals surface area contributed by atoms with Crippen molar-refractivity contribution in [2.75, 3.05) is 0 Å². The van der Waals surface area contributed by atoms with Gasteiger partial charge in [-0.2, -0.15) is 19.1 Å². The Hall–Kier alpha value is -4.23. The number of alkyl halides is 2. The first kappa shape index (κ1) is 22.9. The molecular formula is C24H18F3N5O2. The lowest BCUT2D eigenvalue weighted by Crippen LogP contribution is -2.48. The van der Waals surface area contributed by atoms with E-state index in [0.29, 0.717) is 16.9 Å². The van der Waals surface area contributed by atoms with Gasteiger partial charge in [-0.25, -0.2) is 14.1 Å². The second kappa shape index (κ2) is 8.96. The van der Waals surface area contributed by atoms with Crippen LogP contribution in [0, 0.1) is 24.1 Å². The van der Waals surface area contributed by atoms with Crippen LogP contribution in [0.5, 0.6) is 11.5 Å². The van der Waals surface area contributed by atoms with Gasteiger partial charge in [0.15, 0.2) is 5.60 Å². The van der Waals surface area contributed by atoms with Crippen LogP contribution in [0.1, 0.15) is 22.4 Å². The van der Waals surface area contributed by atoms with Crippen molar-refractivity contribution in [3.8, 4) is 17.6 Å². The minimum absolute atomic E-state index is 0.158. The summed E-state index contributed by atoms with van der Waals surface area (Å²) in [7, 11) is 0. The van der Waals surface area contributed by atoms with Gasteiger partial charge in [-0.1, -0.05) is 12.1 Å². The number of ether oxygens (including phenoxy) is 1. The molecule has 0 aliphatic rings. The first-order valence-electron chi connectivity index (χ1n) is 10.1. The van der Waals surface area contributed by atoms with E-state index in [0.717, 1.165) is 41.7 Å². The molecule has 34 heavy (non-hydrogen) atoms. The Bertz CT molecular complexity index is 1320. The van der Waals surface area contributed by atoms with Crippen LogP contribution in [0.15, 0.2) is 73.4 Å². The van der Waals surface area contributed by atoms with E-state index in [1.54, 1.807) is 31.2 Å². The monoisotopic (exact) mass is 465 g/mol. The van der Waals surface area contributed by atoms with Crippen molar-refractivity contribution in [3.05, 3.63) is 102 Å². The van der Waals surface area contributed by atoms with Gasteiger partial charge in [-0.3, -0.25) is 4.98 Å². The van der Waals surface area contributed by atoms with Crippen LogP contribution in [-0.4, -0.2) is 24.9 Å². The van der Waals surface area contributed by atoms with Crippen LogP contribution < -0.4 is 4.74 Å². The molecule has 0 amide bonds. The molecule has 0 fully saturated rings. The lowest BCUT2D eigenvalue weighted by atomic mass is 9.84. The van der Waals surface area contributed by atoms with Gasteiger partial charge in [-0.05, 0) is 55.0 Å². The number of nitrogens with zero attached hydrogens (tertiary/aromatic N) is 5. The largest absolute Gasteiger partial charge is 0.456 e. The molecule has 4 aromatic rings. The summed E-state index contributed by atoms with van der Waals surface area (Å²) < 4.78 is 52.9. The number of hydrogen-bond acceptors (Lipinski definition) is 6. The molecule has 0 spiro atoms. The molecule has 0 aliphatic carbocycles. The third kappa shape index (κ3) is 4.33. The predicted molar refractivity (Wildman–Crippen MR) is 114 cm³/mol. The molecule has 1 atom stereocenters. The van der Waals surface area contributed by atoms with Gasteiger partial charge in [0, 0.05) is 5.56 Å². The molecule has 2 aromatic heterocycles. The average molecular weight is 465 g/mol. The number of rotatable bonds is 7. The van der Waals surface area contributed by atoms with Gasteiger partial charge >= 0.3 is 5.92 Å². The van der Waals surface area contributed by atoms with E-state index in [2.05, 4.69) is 15.1 Å². The lowest BCUT2D eigenvalue weighted by Gasteiger charge is -2.36. The lowest BCUT2D eigenvalue weighted by molar-refractivity contribution is -0.207. The molecular weight excluding hydrogens is 447 g/mol. The fourth-order valence-electron chi connectivity index (χ4n) is 3.43. The molecule has 2 heterocycles. The Morgan fingerprint density at radius 1 is 1.09 bits per heavy atom. The molecule has 0 saturated heterocycles. The van der Waals surface area contributed by atoms with Gasteiger partial charge in [0.05, 0.1) is 24.4 Å². The van der Waals surface area contributed by atoms with E-state index in [9.17, 15) is 9.50 Å². The molecule has 172 valence electrons. The van der Waals surface area contributed by atoms with Gasteiger partial charge in [-0.15, -0.1) is 0 Å². The van der Waals surface area contributed by atoms with Crippen molar-refractivity contribution in [1.29, 1.82) is 5.26 Å². The molecule has 10 heteroatoms. The maximum atomic E-state index is 15.8. The van der Waals surface area contributed by atoms with E-state index in [1.165, 1.54) is 12.1 Å². The maximum Gasteiger partial charge on any atom is 0.323 e. The minimum atomic E-state index is -4.03. The van der Waals surface area contributed by atoms with Gasteiger partial charge in [0.25, 0.3) is 0 Å². The summed E-state index contributed by atoms with van der Waals surface area (Å²) in [5.74, 6) is -4.47. The van der Waals surface area contributed by atoms with E-state index in [4.69, 9.17) is 10.00 Å². The topological polar surface area (TPSA) is 96.9 Å². The Kier molecular flexibility index (Phi) is 6.04. The zero-order valence-electron chi connectivity index (χ0n) is 17.9. The minimum Gasteiger partial charge on any atom is -0.456 e. The summed E-state index contributed by atoms with van der Waals surface area (Å²) >= 11 is 0. The first-order chi connectivity index (χ1) is 16.2. The molecule has 0 saturated carbocycles. The van der Waals surface area contributed by atoms with Gasteiger partial charge in [0.2, 0.25) is 0 Å². The second-order valence-corrected chi connectivity index (χ2v) is 7.63. The highest BCUT2D eigenvalue weighted by Gasteiger charge is 2.57. The standard InChI is InChI=1S/C24H18F3N5O2/c1-16-2-8-20(21(25)10-16)23(33,13-32-15-29-14-31-32)24(26,27)22-9-7-19(12-30-22)34-18-5-3-17(11-28)4-6-18/h2-10,12,14-15,33H,13H2,1H3. The second-order valence-electron chi connectivity index (χ2n) is 7.63. The fourth-order valence-corrected chi connectivity index (χ4v) is 3.43. The highest BCUT2D eigenvalue weighted by Crippen LogP contribution is 2.47. The quantitative estimate of drug-likeness (QED) is 0.433. The number of nitriles is 1. The zero-order valence-corrected chi connectivity index (χ0v) is 17.9. The molecule has 4 rings (SSSR count). The molecule has 0 radical (unpaired) electrons. The highest BCUT2D eigenvalue weighted by molar-refractivity contribution is 5.38. The number of aliphatic hydroxyl groups is 1. The number of halogens is 3. The van der Waals surface area contributed by atoms with E-state index in [-0.39, 0.29) is 5.75 Å². The Balaban J connectivity index is 1.68. The fraction of sp³-hybridized carbons (Fsp3) is 0.167. The highest BCUT2D eigenvalue weighted by atomic mass is 19.3. The molecule has 1 N–H and O–H groups in total. The molecule has 1 unspecified atom stereocenters. The number of aromatic nitrogens is 4. The smallest absolute Gasteiger partial charge is 0.323 e. The molecule has 0 aliphatic heterocycles. The van der Waals surface area contributed by atoms with Crippen molar-refractivity contribution in [2.45, 2.75) is 25.0 Å². The van der Waals surface area contributed by atoms with Crippen molar-refractivity contribution >= 4 is 0 Å². The summed E-state index contributed by atoms with van der Waals surface area (Å²) in [4.78, 5) is 7.50. The number of benzene rings is 2. The predicted octanol–water partition coefficient (Wildman–Crippen LogP) is 4.46. The summed E-state index contributed by atoms with van der Waals surface area (Å²) in [5.41, 5.74) is -3.47. The maximum absolute atomic E-state index is 15.8. The van der Waals surface area contributed by atoms with Gasteiger partial charge < -0.3 is 9.84 Å². The van der Waals surface area contributed by atoms with Crippen molar-refractivity contribution in [2.24, 2.45) is 0 Å². The van der Waals surface area contributed by atoms with Crippen LogP contribution in [0.2, 0.25) is 0 Å². The Labute approximate surface area is 192 Å². The summed E-state index contributed by atoms with van der Waals surface area (Å²) in [6.45, 7) is 0.834. The van der Waals surface area contributed by atoms with Crippen LogP contribution in [0.3, 0.4) is 0 Å². The Morgan fingerprint density at radius 2 is 1.82 bits per heavy atom. The van der Waals surface area contributed by atoms with E-state index >= 15 is 8.78 Å². The number of aryl methyl sites for hydroxylation is 1. The van der Waals surface area contributed by atoms with Crippen LogP contribution in [0.25, 0.3) is 0 Å². The molecule has 0 bridgehead atoms. The van der Waals surface area contributed by atoms with E-state index < -0.39 is 35.1 Å². The van der Waals surface area contributed by atoms with Crippen molar-refractivity contribution in [1.82, 2.24) is 19.7 Å². The van der Waals surface area contributed by atoms with Crippen molar-refractivity contribution < 1.29 is 23.0 Å². The van der Waals surface area contributed by atoms with Crippen LogP contribution in [0.4, 0.5) is 13.2 Å². The van der Waals surface area contributed by atoms with Gasteiger partial charge in [0.1, 0.15) is 35.7 Å². The van der Waals surface area contributed by atoms with Crippen LogP contribution >= 0.6 is 0 Å². The summed E-state index contributed by atoms with van der Waals surface area (Å²) in [6.07, 6.45) is 3.34. The normalized spacial score (nSPS) is 13.2. The Morgan fingerprint density at radius 3 is 2.41 bits per heavy atom. The number of hydrogen-bond donors (Lipinski definition) is 1. The summed E-state index contributed by atoms with van der Waals surface area (Å²) in [6, 6.07) is 14.1. The zero-order chi connectivity index (χ0) is 24.3. The molecule has 7 nitrogen and oxygen atoms in total. The van der Waals surface area contributed by atoms with Crippen molar-refractivity contribution in [3.63, 3.8) is 0 Å². The van der Waals surface area contributed by atoms with E-state index in [1.807, 2.05) is 6.07 Å². The van der Waals surface area contributed by atoms with Crippen LogP contribution in [-0.2, 0) is 18.1 Å². The third-order valence-electron chi connectivity index (χ3n) is 5.22. The summed E-state index contributed by atoms with van der Waals surface area (Å²) in [5, 5.41) is 23.9. The first-order valence-corrected chi connectivity index (χ1v) is 10.1. The molecule has 2 aromatic carbocycles. The average Bonchev–Trinajstić information content (AvgIpc) is 3.32. The number of pyridine rings is 1. The SMILES string of the molecule is Cc1ccc(C(O)(Cn2cncn2)C(F)(F)c2ccc(Oc3ccc(C#N)cc3)cn2)c(F)c1. The third-order valence-corrected chi connectivity index (χ3v) is 5.22.